The number of fused-ring (bicyclic) bond motifs is 1. The van der Waals surface area contributed by atoms with Gasteiger partial charge in [-0.25, -0.2) is 4.98 Å². The minimum Gasteiger partial charge on any atom is -0.483 e. The highest BCUT2D eigenvalue weighted by atomic mass is 16.5. The van der Waals surface area contributed by atoms with Crippen molar-refractivity contribution in [3.8, 4) is 5.75 Å². The third-order valence-electron chi connectivity index (χ3n) is 4.60. The van der Waals surface area contributed by atoms with E-state index in [-0.39, 0.29) is 6.10 Å². The molecule has 0 spiro atoms. The summed E-state index contributed by atoms with van der Waals surface area (Å²) in [5.41, 5.74) is 3.48. The van der Waals surface area contributed by atoms with Gasteiger partial charge in [0.25, 0.3) is 0 Å². The lowest BCUT2D eigenvalue weighted by Gasteiger charge is -2.19. The molecule has 1 heterocycles. The van der Waals surface area contributed by atoms with E-state index in [0.717, 1.165) is 30.1 Å². The summed E-state index contributed by atoms with van der Waals surface area (Å²) in [5.74, 6) is 1.96. The van der Waals surface area contributed by atoms with Crippen molar-refractivity contribution in [1.82, 2.24) is 9.55 Å². The van der Waals surface area contributed by atoms with E-state index >= 15 is 0 Å². The number of ether oxygens (including phenoxy) is 1. The lowest BCUT2D eigenvalue weighted by atomic mass is 10.2. The van der Waals surface area contributed by atoms with Gasteiger partial charge in [0.1, 0.15) is 5.75 Å². The first kappa shape index (κ1) is 17.5. The molecular weight excluding hydrogens is 308 g/mol. The Labute approximate surface area is 150 Å². The number of para-hydroxylation sites is 2. The number of aryl methyl sites for hydroxylation is 2. The molecule has 3 rings (SSSR count). The second-order valence-corrected chi connectivity index (χ2v) is 6.65. The molecule has 0 aliphatic rings. The average molecular weight is 336 g/mol. The number of nitrogens with zero attached hydrogens (tertiary/aromatic N) is 2. The second-order valence-electron chi connectivity index (χ2n) is 6.65. The number of rotatable bonds is 8. The van der Waals surface area contributed by atoms with E-state index in [1.54, 1.807) is 0 Å². The fraction of sp³-hybridized carbons (Fsp3) is 0.409. The van der Waals surface area contributed by atoms with E-state index in [2.05, 4.69) is 61.7 Å². The van der Waals surface area contributed by atoms with Crippen molar-refractivity contribution in [3.63, 3.8) is 0 Å². The highest BCUT2D eigenvalue weighted by Gasteiger charge is 2.20. The molecule has 3 aromatic rings. The number of imidazole rings is 1. The highest BCUT2D eigenvalue weighted by Crippen LogP contribution is 2.28. The van der Waals surface area contributed by atoms with Gasteiger partial charge in [-0.1, -0.05) is 51.0 Å². The molecule has 3 heteroatoms. The van der Waals surface area contributed by atoms with Gasteiger partial charge in [-0.2, -0.15) is 0 Å². The molecule has 1 unspecified atom stereocenters. The lowest BCUT2D eigenvalue weighted by molar-refractivity contribution is 0.186. The molecule has 0 radical (unpaired) electrons. The van der Waals surface area contributed by atoms with Crippen LogP contribution in [0.3, 0.4) is 0 Å². The third-order valence-corrected chi connectivity index (χ3v) is 4.60. The van der Waals surface area contributed by atoms with E-state index in [1.807, 2.05) is 12.1 Å². The molecule has 1 atom stereocenters. The van der Waals surface area contributed by atoms with Crippen LogP contribution in [0.4, 0.5) is 0 Å². The summed E-state index contributed by atoms with van der Waals surface area (Å²) in [6, 6.07) is 16.7. The maximum absolute atomic E-state index is 6.32. The zero-order valence-electron chi connectivity index (χ0n) is 15.5. The van der Waals surface area contributed by atoms with Crippen molar-refractivity contribution in [2.45, 2.75) is 59.1 Å². The third kappa shape index (κ3) is 4.04. The number of aromatic nitrogens is 2. The zero-order valence-corrected chi connectivity index (χ0v) is 15.5. The Balaban J connectivity index is 1.94. The van der Waals surface area contributed by atoms with Crippen LogP contribution in [0.1, 0.15) is 57.0 Å². The van der Waals surface area contributed by atoms with Crippen LogP contribution >= 0.6 is 0 Å². The van der Waals surface area contributed by atoms with Gasteiger partial charge in [-0.3, -0.25) is 0 Å². The Kier molecular flexibility index (Phi) is 5.75. The topological polar surface area (TPSA) is 27.1 Å². The van der Waals surface area contributed by atoms with E-state index in [9.17, 15) is 0 Å². The molecule has 1 aromatic heterocycles. The van der Waals surface area contributed by atoms with Crippen molar-refractivity contribution < 1.29 is 4.74 Å². The van der Waals surface area contributed by atoms with Crippen LogP contribution in [0.25, 0.3) is 11.0 Å². The molecule has 25 heavy (non-hydrogen) atoms. The maximum atomic E-state index is 6.32. The van der Waals surface area contributed by atoms with Crippen LogP contribution in [-0.2, 0) is 6.54 Å². The van der Waals surface area contributed by atoms with E-state index in [0.29, 0.717) is 0 Å². The Bertz CT molecular complexity index is 822. The second kappa shape index (κ2) is 8.19. The summed E-state index contributed by atoms with van der Waals surface area (Å²) in [7, 11) is 0. The minimum atomic E-state index is -0.0316. The maximum Gasteiger partial charge on any atom is 0.156 e. The first-order valence-corrected chi connectivity index (χ1v) is 9.41. The first-order valence-electron chi connectivity index (χ1n) is 9.41. The van der Waals surface area contributed by atoms with Crippen molar-refractivity contribution >= 4 is 11.0 Å². The van der Waals surface area contributed by atoms with Crippen LogP contribution < -0.4 is 4.74 Å². The predicted octanol–water partition coefficient (Wildman–Crippen LogP) is 6.07. The van der Waals surface area contributed by atoms with Gasteiger partial charge >= 0.3 is 0 Å². The monoisotopic (exact) mass is 336 g/mol. The quantitative estimate of drug-likeness (QED) is 0.467. The minimum absolute atomic E-state index is 0.0316. The van der Waals surface area contributed by atoms with Gasteiger partial charge in [0.2, 0.25) is 0 Å². The van der Waals surface area contributed by atoms with Crippen LogP contribution in [0, 0.1) is 6.92 Å². The van der Waals surface area contributed by atoms with Crippen LogP contribution in [0.5, 0.6) is 5.75 Å². The lowest BCUT2D eigenvalue weighted by Crippen LogP contribution is -2.14. The number of unbranched alkanes of at least 4 members (excludes halogenated alkanes) is 2. The van der Waals surface area contributed by atoms with Crippen molar-refractivity contribution in [3.05, 3.63) is 59.9 Å². The summed E-state index contributed by atoms with van der Waals surface area (Å²) in [4.78, 5) is 4.92. The van der Waals surface area contributed by atoms with Gasteiger partial charge in [0.15, 0.2) is 11.9 Å². The first-order chi connectivity index (χ1) is 12.2. The molecule has 3 nitrogen and oxygen atoms in total. The molecule has 0 saturated heterocycles. The average Bonchev–Trinajstić information content (AvgIpc) is 2.99. The molecule has 0 N–H and O–H groups in total. The summed E-state index contributed by atoms with van der Waals surface area (Å²) in [6.07, 6.45) is 4.49. The molecule has 0 bridgehead atoms. The van der Waals surface area contributed by atoms with Gasteiger partial charge < -0.3 is 9.30 Å². The molecule has 0 saturated carbocycles. The Morgan fingerprint density at radius 2 is 1.88 bits per heavy atom. The normalized spacial score (nSPS) is 12.4. The molecular formula is C22H28N2O. The molecule has 0 amide bonds. The number of hydrogen-bond donors (Lipinski definition) is 0. The number of benzene rings is 2. The summed E-state index contributed by atoms with van der Waals surface area (Å²) in [6.45, 7) is 7.49. The molecule has 0 aliphatic carbocycles. The SMILES string of the molecule is CCCCCn1c(C(CC)Oc2cccc(C)c2)nc2ccccc21. The Morgan fingerprint density at radius 3 is 2.64 bits per heavy atom. The van der Waals surface area contributed by atoms with Gasteiger partial charge in [0, 0.05) is 6.54 Å². The summed E-state index contributed by atoms with van der Waals surface area (Å²) < 4.78 is 8.68. The molecule has 0 aliphatic heterocycles. The smallest absolute Gasteiger partial charge is 0.156 e. The van der Waals surface area contributed by atoms with E-state index in [1.165, 1.54) is 30.3 Å². The van der Waals surface area contributed by atoms with Crippen LogP contribution in [0.15, 0.2) is 48.5 Å². The molecule has 132 valence electrons. The predicted molar refractivity (Wildman–Crippen MR) is 104 cm³/mol. The fourth-order valence-corrected chi connectivity index (χ4v) is 3.27. The highest BCUT2D eigenvalue weighted by molar-refractivity contribution is 5.76. The molecule has 2 aromatic carbocycles. The molecule has 0 fully saturated rings. The van der Waals surface area contributed by atoms with Crippen LogP contribution in [0.2, 0.25) is 0 Å². The van der Waals surface area contributed by atoms with E-state index in [4.69, 9.17) is 9.72 Å². The number of hydrogen-bond acceptors (Lipinski definition) is 2. The van der Waals surface area contributed by atoms with E-state index < -0.39 is 0 Å². The Morgan fingerprint density at radius 1 is 1.04 bits per heavy atom. The Hall–Kier alpha value is -2.29. The van der Waals surface area contributed by atoms with Gasteiger partial charge in [-0.05, 0) is 49.6 Å². The summed E-state index contributed by atoms with van der Waals surface area (Å²) in [5, 5.41) is 0. The zero-order chi connectivity index (χ0) is 17.6. The van der Waals surface area contributed by atoms with Crippen molar-refractivity contribution in [2.24, 2.45) is 0 Å². The van der Waals surface area contributed by atoms with Crippen molar-refractivity contribution in [2.75, 3.05) is 0 Å². The van der Waals surface area contributed by atoms with Crippen molar-refractivity contribution in [1.29, 1.82) is 0 Å². The van der Waals surface area contributed by atoms with Crippen LogP contribution in [-0.4, -0.2) is 9.55 Å². The summed E-state index contributed by atoms with van der Waals surface area (Å²) >= 11 is 0. The van der Waals surface area contributed by atoms with Gasteiger partial charge in [0.05, 0.1) is 11.0 Å². The largest absolute Gasteiger partial charge is 0.483 e. The fourth-order valence-electron chi connectivity index (χ4n) is 3.27. The van der Waals surface area contributed by atoms with Gasteiger partial charge in [-0.15, -0.1) is 0 Å². The standard InChI is InChI=1S/C22H28N2O/c1-4-6-9-15-24-20-14-8-7-13-19(20)23-22(24)21(5-2)25-18-12-10-11-17(3)16-18/h7-8,10-14,16,21H,4-6,9,15H2,1-3H3.